The van der Waals surface area contributed by atoms with Crippen LogP contribution in [-0.2, 0) is 0 Å². The van der Waals surface area contributed by atoms with Crippen LogP contribution < -0.4 is 0 Å². The molecule has 0 spiro atoms. The molecule has 4 heterocycles. The molecular formula is C57H36N4OS. The van der Waals surface area contributed by atoms with Crippen molar-refractivity contribution in [2.24, 2.45) is 0 Å². The smallest absolute Gasteiger partial charge is 0.164 e. The van der Waals surface area contributed by atoms with Gasteiger partial charge in [-0.3, -0.25) is 0 Å². The summed E-state index contributed by atoms with van der Waals surface area (Å²) in [6.45, 7) is 0. The number of thiophene rings is 1. The van der Waals surface area contributed by atoms with Gasteiger partial charge in [0, 0.05) is 69.9 Å². The Hall–Kier alpha value is -7.93. The third kappa shape index (κ3) is 5.79. The number of benzene rings is 8. The van der Waals surface area contributed by atoms with Crippen molar-refractivity contribution >= 4 is 75.3 Å². The van der Waals surface area contributed by atoms with Gasteiger partial charge in [-0.15, -0.1) is 11.3 Å². The van der Waals surface area contributed by atoms with Gasteiger partial charge in [-0.1, -0.05) is 146 Å². The molecule has 0 saturated heterocycles. The van der Waals surface area contributed by atoms with E-state index in [2.05, 4.69) is 168 Å². The maximum Gasteiger partial charge on any atom is 0.164 e. The molecule has 1 unspecified atom stereocenters. The minimum atomic E-state index is 0.0970. The van der Waals surface area contributed by atoms with Crippen molar-refractivity contribution < 1.29 is 4.42 Å². The zero-order valence-corrected chi connectivity index (χ0v) is 34.8. The molecule has 4 aromatic heterocycles. The summed E-state index contributed by atoms with van der Waals surface area (Å²) in [5.41, 5.74) is 11.3. The molecule has 296 valence electrons. The van der Waals surface area contributed by atoms with Gasteiger partial charge in [-0.05, 0) is 72.1 Å². The number of para-hydroxylation sites is 2. The summed E-state index contributed by atoms with van der Waals surface area (Å²) in [5, 5.41) is 7.28. The van der Waals surface area contributed by atoms with Gasteiger partial charge in [0.15, 0.2) is 17.5 Å². The monoisotopic (exact) mass is 824 g/mol. The molecule has 0 radical (unpaired) electrons. The summed E-state index contributed by atoms with van der Waals surface area (Å²) in [7, 11) is 0. The zero-order valence-electron chi connectivity index (χ0n) is 33.9. The van der Waals surface area contributed by atoms with Crippen LogP contribution >= 0.6 is 11.3 Å². The highest BCUT2D eigenvalue weighted by Gasteiger charge is 2.26. The first-order chi connectivity index (χ1) is 31.2. The van der Waals surface area contributed by atoms with E-state index in [1.165, 1.54) is 47.5 Å². The highest BCUT2D eigenvalue weighted by Crippen LogP contribution is 2.47. The molecule has 13 rings (SSSR count). The van der Waals surface area contributed by atoms with Crippen LogP contribution in [0.3, 0.4) is 0 Å². The van der Waals surface area contributed by atoms with Gasteiger partial charge in [0.05, 0.1) is 16.7 Å². The first kappa shape index (κ1) is 35.8. The molecule has 5 nitrogen and oxygen atoms in total. The largest absolute Gasteiger partial charge is 0.456 e. The highest BCUT2D eigenvalue weighted by molar-refractivity contribution is 7.26. The molecule has 8 aromatic carbocycles. The zero-order chi connectivity index (χ0) is 41.4. The van der Waals surface area contributed by atoms with Gasteiger partial charge in [0.1, 0.15) is 11.2 Å². The number of aromatic nitrogens is 4. The third-order valence-corrected chi connectivity index (χ3v) is 13.7. The van der Waals surface area contributed by atoms with Crippen LogP contribution in [-0.4, -0.2) is 19.5 Å². The molecule has 1 aliphatic rings. The van der Waals surface area contributed by atoms with E-state index in [0.29, 0.717) is 17.5 Å². The molecule has 0 saturated carbocycles. The first-order valence-electron chi connectivity index (χ1n) is 21.4. The summed E-state index contributed by atoms with van der Waals surface area (Å²) in [6.07, 6.45) is 9.82. The fourth-order valence-electron chi connectivity index (χ4n) is 9.70. The number of allylic oxidation sites excluding steroid dienone is 4. The van der Waals surface area contributed by atoms with E-state index >= 15 is 0 Å². The quantitative estimate of drug-likeness (QED) is 0.168. The van der Waals surface area contributed by atoms with Gasteiger partial charge in [0.25, 0.3) is 0 Å². The molecule has 0 aliphatic heterocycles. The van der Waals surface area contributed by atoms with Gasteiger partial charge in [-0.2, -0.15) is 0 Å². The average Bonchev–Trinajstić information content (AvgIpc) is 4.03. The first-order valence-corrected chi connectivity index (χ1v) is 22.2. The number of nitrogens with zero attached hydrogens (tertiary/aromatic N) is 4. The van der Waals surface area contributed by atoms with Crippen LogP contribution in [0, 0.1) is 0 Å². The lowest BCUT2D eigenvalue weighted by atomic mass is 9.86. The van der Waals surface area contributed by atoms with Gasteiger partial charge >= 0.3 is 0 Å². The molecule has 0 fully saturated rings. The Morgan fingerprint density at radius 2 is 1.16 bits per heavy atom. The Kier molecular flexibility index (Phi) is 8.14. The highest BCUT2D eigenvalue weighted by atomic mass is 32.1. The summed E-state index contributed by atoms with van der Waals surface area (Å²) in [4.78, 5) is 15.7. The Bertz CT molecular complexity index is 3840. The predicted octanol–water partition coefficient (Wildman–Crippen LogP) is 15.5. The second-order valence-corrected chi connectivity index (χ2v) is 17.3. The Labute approximate surface area is 366 Å². The molecule has 0 N–H and O–H groups in total. The Balaban J connectivity index is 1.11. The topological polar surface area (TPSA) is 56.7 Å². The minimum Gasteiger partial charge on any atom is -0.456 e. The van der Waals surface area contributed by atoms with E-state index < -0.39 is 0 Å². The second-order valence-electron chi connectivity index (χ2n) is 16.2. The van der Waals surface area contributed by atoms with E-state index in [9.17, 15) is 0 Å². The lowest BCUT2D eigenvalue weighted by molar-refractivity contribution is 0.669. The molecule has 1 atom stereocenters. The van der Waals surface area contributed by atoms with E-state index in [-0.39, 0.29) is 5.92 Å². The third-order valence-electron chi connectivity index (χ3n) is 12.6. The fraction of sp³-hybridized carbons (Fsp3) is 0.0351. The van der Waals surface area contributed by atoms with E-state index in [1.807, 2.05) is 47.7 Å². The number of hydrogen-bond acceptors (Lipinski definition) is 5. The van der Waals surface area contributed by atoms with Crippen LogP contribution in [0.15, 0.2) is 205 Å². The maximum absolute atomic E-state index is 6.36. The number of fused-ring (bicyclic) bond motifs is 10. The van der Waals surface area contributed by atoms with Crippen molar-refractivity contribution in [1.29, 1.82) is 0 Å². The maximum atomic E-state index is 6.36. The van der Waals surface area contributed by atoms with E-state index in [1.54, 1.807) is 0 Å². The van der Waals surface area contributed by atoms with Crippen molar-refractivity contribution in [1.82, 2.24) is 19.5 Å². The van der Waals surface area contributed by atoms with Gasteiger partial charge < -0.3 is 8.98 Å². The van der Waals surface area contributed by atoms with Gasteiger partial charge in [-0.25, -0.2) is 15.0 Å². The molecule has 0 bridgehead atoms. The summed E-state index contributed by atoms with van der Waals surface area (Å²) >= 11 is 1.87. The summed E-state index contributed by atoms with van der Waals surface area (Å²) in [6, 6.07) is 62.4. The van der Waals surface area contributed by atoms with Crippen molar-refractivity contribution in [3.05, 3.63) is 206 Å². The number of rotatable bonds is 6. The normalized spacial score (nSPS) is 14.0. The standard InChI is InChI=1S/C57H36N4OS/c1-4-16-35(17-5-1)44-32-39(57-59-55(37-20-8-3-9-21-37)58-56(60-57)38-28-29-41-40-22-11-14-26-48(40)62-49(41)34-38)33-45(36-18-6-2-7-19-36)54(44)61-46-25-13-10-23-42(46)52-47(61)30-31-51-53(52)43-24-12-15-27-50(43)63-51/h1-18,20-34,36H,19H2. The number of furan rings is 1. The van der Waals surface area contributed by atoms with Crippen LogP contribution in [0.5, 0.6) is 0 Å². The van der Waals surface area contributed by atoms with E-state index in [4.69, 9.17) is 19.4 Å². The van der Waals surface area contributed by atoms with Crippen LogP contribution in [0.4, 0.5) is 0 Å². The second kappa shape index (κ2) is 14.3. The van der Waals surface area contributed by atoms with Crippen molar-refractivity contribution in [2.75, 3.05) is 0 Å². The van der Waals surface area contributed by atoms with Crippen LogP contribution in [0.25, 0.3) is 115 Å². The van der Waals surface area contributed by atoms with Crippen molar-refractivity contribution in [2.45, 2.75) is 12.3 Å². The van der Waals surface area contributed by atoms with Crippen LogP contribution in [0.2, 0.25) is 0 Å². The van der Waals surface area contributed by atoms with Crippen LogP contribution in [0.1, 0.15) is 17.9 Å². The molecule has 12 aromatic rings. The lowest BCUT2D eigenvalue weighted by Gasteiger charge is -2.24. The molecule has 63 heavy (non-hydrogen) atoms. The molecule has 6 heteroatoms. The Morgan fingerprint density at radius 1 is 0.476 bits per heavy atom. The van der Waals surface area contributed by atoms with Gasteiger partial charge in [0.2, 0.25) is 0 Å². The number of hydrogen-bond donors (Lipinski definition) is 0. The summed E-state index contributed by atoms with van der Waals surface area (Å²) in [5.74, 6) is 1.90. The fourth-order valence-corrected chi connectivity index (χ4v) is 10.8. The molecule has 0 amide bonds. The Morgan fingerprint density at radius 3 is 1.97 bits per heavy atom. The van der Waals surface area contributed by atoms with Crippen molar-refractivity contribution in [3.8, 4) is 51.0 Å². The molecular weight excluding hydrogens is 789 g/mol. The lowest BCUT2D eigenvalue weighted by Crippen LogP contribution is -2.08. The average molecular weight is 825 g/mol. The minimum absolute atomic E-state index is 0.0970. The van der Waals surface area contributed by atoms with E-state index in [0.717, 1.165) is 61.9 Å². The SMILES string of the molecule is C1=CCC(c2cc(-c3nc(-c4ccccc4)nc(-c4ccc5c(c4)oc4ccccc45)n3)cc(-c3ccccc3)c2-n2c3ccccc3c3c4c(ccc32)sc2ccccc24)C=C1. The van der Waals surface area contributed by atoms with Crippen molar-refractivity contribution in [3.63, 3.8) is 0 Å². The predicted molar refractivity (Wildman–Crippen MR) is 262 cm³/mol. The summed E-state index contributed by atoms with van der Waals surface area (Å²) < 4.78 is 11.5. The molecule has 1 aliphatic carbocycles.